The number of rotatable bonds is 6. The summed E-state index contributed by atoms with van der Waals surface area (Å²) < 4.78 is 0. The summed E-state index contributed by atoms with van der Waals surface area (Å²) in [6.45, 7) is 0. The highest BCUT2D eigenvalue weighted by Crippen LogP contribution is 2.33. The Labute approximate surface area is 244 Å². The van der Waals surface area contributed by atoms with Crippen LogP contribution in [0.3, 0.4) is 0 Å². The van der Waals surface area contributed by atoms with Crippen molar-refractivity contribution in [3.63, 3.8) is 0 Å². The molecule has 0 atom stereocenters. The Kier molecular flexibility index (Phi) is 6.81. The van der Waals surface area contributed by atoms with Gasteiger partial charge in [0.15, 0.2) is 17.5 Å². The molecule has 42 heavy (non-hydrogen) atoms. The number of benzene rings is 4. The van der Waals surface area contributed by atoms with E-state index in [1.165, 1.54) is 0 Å². The molecule has 0 aliphatic heterocycles. The van der Waals surface area contributed by atoms with Crippen molar-refractivity contribution in [2.24, 2.45) is 0 Å². The van der Waals surface area contributed by atoms with Crippen LogP contribution >= 0.6 is 0 Å². The fraction of sp³-hybridized carbons (Fsp3) is 0. The van der Waals surface area contributed by atoms with Crippen LogP contribution < -0.4 is 0 Å². The molecular formula is C37H25N5. The first-order chi connectivity index (χ1) is 20.8. The molecule has 7 rings (SSSR count). The Morgan fingerprint density at radius 3 is 1.36 bits per heavy atom. The van der Waals surface area contributed by atoms with E-state index in [0.29, 0.717) is 17.5 Å². The average Bonchev–Trinajstić information content (AvgIpc) is 3.09. The van der Waals surface area contributed by atoms with Gasteiger partial charge in [-0.15, -0.1) is 0 Å². The van der Waals surface area contributed by atoms with Crippen LogP contribution in [0, 0.1) is 0 Å². The zero-order chi connectivity index (χ0) is 28.1. The van der Waals surface area contributed by atoms with E-state index in [9.17, 15) is 0 Å². The van der Waals surface area contributed by atoms with Crippen molar-refractivity contribution < 1.29 is 0 Å². The van der Waals surface area contributed by atoms with Gasteiger partial charge in [-0.05, 0) is 53.6 Å². The fourth-order valence-electron chi connectivity index (χ4n) is 4.89. The minimum atomic E-state index is 0.600. The standard InChI is InChI=1S/C37H25N5/c1-4-13-26(14-5-1)29-23-30(32-20-12-21-34(39-32)33-19-10-11-22-38-33)25-31(24-29)37-41-35(27-15-6-2-7-16-27)40-36(42-37)28-17-8-3-9-18-28/h1-25H. The van der Waals surface area contributed by atoms with Gasteiger partial charge in [-0.25, -0.2) is 19.9 Å². The molecule has 4 aromatic carbocycles. The first-order valence-electron chi connectivity index (χ1n) is 13.8. The molecule has 0 saturated carbocycles. The highest BCUT2D eigenvalue weighted by atomic mass is 15.0. The smallest absolute Gasteiger partial charge is 0.164 e. The second-order valence-corrected chi connectivity index (χ2v) is 9.83. The summed E-state index contributed by atoms with van der Waals surface area (Å²) in [4.78, 5) is 24.3. The predicted molar refractivity (Wildman–Crippen MR) is 168 cm³/mol. The molecule has 198 valence electrons. The van der Waals surface area contributed by atoms with Gasteiger partial charge in [0.1, 0.15) is 0 Å². The van der Waals surface area contributed by atoms with E-state index < -0.39 is 0 Å². The molecule has 0 aliphatic carbocycles. The van der Waals surface area contributed by atoms with E-state index in [4.69, 9.17) is 19.9 Å². The maximum absolute atomic E-state index is 5.00. The zero-order valence-electron chi connectivity index (χ0n) is 22.7. The van der Waals surface area contributed by atoms with Crippen molar-refractivity contribution in [1.82, 2.24) is 24.9 Å². The number of hydrogen-bond donors (Lipinski definition) is 0. The van der Waals surface area contributed by atoms with Crippen LogP contribution in [-0.2, 0) is 0 Å². The fourth-order valence-corrected chi connectivity index (χ4v) is 4.89. The lowest BCUT2D eigenvalue weighted by Crippen LogP contribution is -2.00. The van der Waals surface area contributed by atoms with Gasteiger partial charge in [0.05, 0.1) is 17.1 Å². The summed E-state index contributed by atoms with van der Waals surface area (Å²) in [5, 5.41) is 0. The highest BCUT2D eigenvalue weighted by molar-refractivity contribution is 5.80. The maximum Gasteiger partial charge on any atom is 0.164 e. The van der Waals surface area contributed by atoms with E-state index >= 15 is 0 Å². The quantitative estimate of drug-likeness (QED) is 0.212. The Morgan fingerprint density at radius 2 is 0.762 bits per heavy atom. The Hall–Kier alpha value is -5.81. The van der Waals surface area contributed by atoms with Crippen LogP contribution in [0.1, 0.15) is 0 Å². The molecule has 0 saturated heterocycles. The van der Waals surface area contributed by atoms with Gasteiger partial charge >= 0.3 is 0 Å². The summed E-state index contributed by atoms with van der Waals surface area (Å²) in [6, 6.07) is 48.7. The van der Waals surface area contributed by atoms with Crippen LogP contribution in [0.2, 0.25) is 0 Å². The molecule has 3 aromatic heterocycles. The number of nitrogens with zero attached hydrogens (tertiary/aromatic N) is 5. The lowest BCUT2D eigenvalue weighted by atomic mass is 9.97. The van der Waals surface area contributed by atoms with Crippen LogP contribution in [-0.4, -0.2) is 24.9 Å². The molecule has 0 N–H and O–H groups in total. The molecule has 0 bridgehead atoms. The van der Waals surface area contributed by atoms with E-state index in [-0.39, 0.29) is 0 Å². The zero-order valence-corrected chi connectivity index (χ0v) is 22.7. The van der Waals surface area contributed by atoms with Crippen molar-refractivity contribution in [3.8, 4) is 67.9 Å². The van der Waals surface area contributed by atoms with Gasteiger partial charge in [0.25, 0.3) is 0 Å². The maximum atomic E-state index is 5.00. The third-order valence-electron chi connectivity index (χ3n) is 6.97. The second kappa shape index (κ2) is 11.4. The molecule has 0 fully saturated rings. The van der Waals surface area contributed by atoms with Gasteiger partial charge in [-0.3, -0.25) is 4.98 Å². The Balaban J connectivity index is 1.43. The van der Waals surface area contributed by atoms with E-state index in [0.717, 1.165) is 50.5 Å². The van der Waals surface area contributed by atoms with Crippen LogP contribution in [0.5, 0.6) is 0 Å². The number of hydrogen-bond acceptors (Lipinski definition) is 5. The third kappa shape index (κ3) is 5.31. The van der Waals surface area contributed by atoms with Gasteiger partial charge in [-0.1, -0.05) is 103 Å². The molecule has 5 heteroatoms. The molecule has 0 amide bonds. The predicted octanol–water partition coefficient (Wildman–Crippen LogP) is 8.66. The minimum absolute atomic E-state index is 0.600. The second-order valence-electron chi connectivity index (χ2n) is 9.83. The van der Waals surface area contributed by atoms with Gasteiger partial charge < -0.3 is 0 Å². The summed E-state index contributed by atoms with van der Waals surface area (Å²) in [7, 11) is 0. The van der Waals surface area contributed by atoms with Gasteiger partial charge in [0.2, 0.25) is 0 Å². The van der Waals surface area contributed by atoms with E-state index in [1.54, 1.807) is 6.20 Å². The normalized spacial score (nSPS) is 10.9. The van der Waals surface area contributed by atoms with Crippen molar-refractivity contribution in [2.45, 2.75) is 0 Å². The summed E-state index contributed by atoms with van der Waals surface area (Å²) >= 11 is 0. The number of aromatic nitrogens is 5. The summed E-state index contributed by atoms with van der Waals surface area (Å²) in [6.07, 6.45) is 1.78. The average molecular weight is 540 g/mol. The molecule has 0 spiro atoms. The lowest BCUT2D eigenvalue weighted by Gasteiger charge is -2.12. The molecule has 7 aromatic rings. The van der Waals surface area contributed by atoms with E-state index in [2.05, 4.69) is 35.3 Å². The molecule has 0 unspecified atom stereocenters. The van der Waals surface area contributed by atoms with Crippen LogP contribution in [0.15, 0.2) is 152 Å². The van der Waals surface area contributed by atoms with E-state index in [1.807, 2.05) is 115 Å². The van der Waals surface area contributed by atoms with Gasteiger partial charge in [-0.2, -0.15) is 0 Å². The molecule has 3 heterocycles. The van der Waals surface area contributed by atoms with Crippen molar-refractivity contribution in [3.05, 3.63) is 152 Å². The minimum Gasteiger partial charge on any atom is -0.255 e. The highest BCUT2D eigenvalue weighted by Gasteiger charge is 2.15. The Bertz CT molecular complexity index is 1900. The third-order valence-corrected chi connectivity index (χ3v) is 6.97. The van der Waals surface area contributed by atoms with Crippen molar-refractivity contribution in [1.29, 1.82) is 0 Å². The summed E-state index contributed by atoms with van der Waals surface area (Å²) in [5.41, 5.74) is 8.36. The molecular weight excluding hydrogens is 514 g/mol. The van der Waals surface area contributed by atoms with Crippen molar-refractivity contribution >= 4 is 0 Å². The largest absolute Gasteiger partial charge is 0.255 e. The molecule has 0 aliphatic rings. The SMILES string of the molecule is c1ccc(-c2cc(-c3cccc(-c4ccccn4)n3)cc(-c3nc(-c4ccccc4)nc(-c4ccccc4)n3)c2)cc1. The first kappa shape index (κ1) is 25.2. The topological polar surface area (TPSA) is 64.5 Å². The van der Waals surface area contributed by atoms with Crippen molar-refractivity contribution in [2.75, 3.05) is 0 Å². The first-order valence-corrected chi connectivity index (χ1v) is 13.8. The van der Waals surface area contributed by atoms with Crippen LogP contribution in [0.4, 0.5) is 0 Å². The van der Waals surface area contributed by atoms with Crippen LogP contribution in [0.25, 0.3) is 67.9 Å². The monoisotopic (exact) mass is 539 g/mol. The molecule has 5 nitrogen and oxygen atoms in total. The van der Waals surface area contributed by atoms with Gasteiger partial charge in [0, 0.05) is 28.5 Å². The number of pyridine rings is 2. The lowest BCUT2D eigenvalue weighted by molar-refractivity contribution is 1.07. The molecule has 0 radical (unpaired) electrons. The summed E-state index contributed by atoms with van der Waals surface area (Å²) in [5.74, 6) is 1.85. The Morgan fingerprint density at radius 1 is 0.286 bits per heavy atom.